The zero-order chi connectivity index (χ0) is 13.1. The standard InChI is InChI=1S/C15H19N3/c1-11(8-16)9-17-10-15-12(2)13-6-4-5-7-14(13)18(15)3/h4-7,11,17H,9-10H2,1-3H3. The Kier molecular flexibility index (Phi) is 3.69. The van der Waals surface area contributed by atoms with Gasteiger partial charge in [-0.3, -0.25) is 0 Å². The number of nitrogens with one attached hydrogen (secondary N) is 1. The van der Waals surface area contributed by atoms with Gasteiger partial charge in [-0.05, 0) is 25.5 Å². The van der Waals surface area contributed by atoms with Gasteiger partial charge in [0.2, 0.25) is 0 Å². The molecule has 1 unspecified atom stereocenters. The third-order valence-electron chi connectivity index (χ3n) is 3.47. The highest BCUT2D eigenvalue weighted by Crippen LogP contribution is 2.24. The van der Waals surface area contributed by atoms with Gasteiger partial charge in [-0.2, -0.15) is 5.26 Å². The van der Waals surface area contributed by atoms with Crippen molar-refractivity contribution in [3.8, 4) is 6.07 Å². The van der Waals surface area contributed by atoms with Crippen molar-refractivity contribution in [2.45, 2.75) is 20.4 Å². The highest BCUT2D eigenvalue weighted by Gasteiger charge is 2.10. The molecule has 0 spiro atoms. The van der Waals surface area contributed by atoms with Gasteiger partial charge >= 0.3 is 0 Å². The van der Waals surface area contributed by atoms with E-state index in [1.165, 1.54) is 22.2 Å². The van der Waals surface area contributed by atoms with Crippen LogP contribution in [-0.2, 0) is 13.6 Å². The van der Waals surface area contributed by atoms with Gasteiger partial charge in [0, 0.05) is 36.7 Å². The molecule has 1 heterocycles. The summed E-state index contributed by atoms with van der Waals surface area (Å²) in [5.74, 6) is 0.0555. The molecule has 0 aliphatic heterocycles. The van der Waals surface area contributed by atoms with Crippen LogP contribution in [-0.4, -0.2) is 11.1 Å². The molecule has 1 N–H and O–H groups in total. The summed E-state index contributed by atoms with van der Waals surface area (Å²) in [6.45, 7) is 5.63. The summed E-state index contributed by atoms with van der Waals surface area (Å²) in [5, 5.41) is 13.4. The molecule has 0 radical (unpaired) electrons. The molecule has 0 aliphatic carbocycles. The lowest BCUT2D eigenvalue weighted by molar-refractivity contribution is 0.586. The first-order valence-electron chi connectivity index (χ1n) is 6.28. The van der Waals surface area contributed by atoms with Crippen LogP contribution in [0.5, 0.6) is 0 Å². The Bertz CT molecular complexity index is 551. The SMILES string of the molecule is Cc1c(CNCC(C)C#N)n(C)c2ccccc12. The van der Waals surface area contributed by atoms with Gasteiger partial charge in [0.25, 0.3) is 0 Å². The van der Waals surface area contributed by atoms with Gasteiger partial charge in [0.15, 0.2) is 0 Å². The quantitative estimate of drug-likeness (QED) is 0.894. The van der Waals surface area contributed by atoms with Crippen LogP contribution in [0.15, 0.2) is 24.3 Å². The first kappa shape index (κ1) is 12.7. The lowest BCUT2D eigenvalue weighted by atomic mass is 10.1. The van der Waals surface area contributed by atoms with E-state index < -0.39 is 0 Å². The number of nitriles is 1. The molecule has 0 saturated heterocycles. The van der Waals surface area contributed by atoms with Crippen LogP contribution in [0.1, 0.15) is 18.2 Å². The summed E-state index contributed by atoms with van der Waals surface area (Å²) in [7, 11) is 2.10. The molecule has 0 bridgehead atoms. The summed E-state index contributed by atoms with van der Waals surface area (Å²) < 4.78 is 2.23. The molecule has 3 nitrogen and oxygen atoms in total. The summed E-state index contributed by atoms with van der Waals surface area (Å²) in [4.78, 5) is 0. The number of benzene rings is 1. The molecule has 3 heteroatoms. The van der Waals surface area contributed by atoms with Crippen LogP contribution < -0.4 is 5.32 Å². The van der Waals surface area contributed by atoms with Crippen LogP contribution >= 0.6 is 0 Å². The molecule has 18 heavy (non-hydrogen) atoms. The molecule has 1 aromatic heterocycles. The topological polar surface area (TPSA) is 40.8 Å². The average Bonchev–Trinajstić information content (AvgIpc) is 2.64. The van der Waals surface area contributed by atoms with Gasteiger partial charge in [-0.25, -0.2) is 0 Å². The number of nitrogens with zero attached hydrogens (tertiary/aromatic N) is 2. The molecule has 0 aliphatic rings. The van der Waals surface area contributed by atoms with Gasteiger partial charge in [-0.15, -0.1) is 0 Å². The van der Waals surface area contributed by atoms with Crippen LogP contribution in [0.2, 0.25) is 0 Å². The highest BCUT2D eigenvalue weighted by atomic mass is 15.0. The van der Waals surface area contributed by atoms with Gasteiger partial charge in [-0.1, -0.05) is 18.2 Å². The van der Waals surface area contributed by atoms with E-state index in [2.05, 4.69) is 54.2 Å². The van der Waals surface area contributed by atoms with Crippen LogP contribution in [0.25, 0.3) is 10.9 Å². The first-order valence-corrected chi connectivity index (χ1v) is 6.28. The van der Waals surface area contributed by atoms with E-state index in [1.807, 2.05) is 6.92 Å². The molecule has 94 valence electrons. The fraction of sp³-hybridized carbons (Fsp3) is 0.400. The second-order valence-electron chi connectivity index (χ2n) is 4.81. The zero-order valence-corrected chi connectivity index (χ0v) is 11.2. The van der Waals surface area contributed by atoms with E-state index >= 15 is 0 Å². The Hall–Kier alpha value is -1.79. The number of para-hydroxylation sites is 1. The number of rotatable bonds is 4. The zero-order valence-electron chi connectivity index (χ0n) is 11.2. The maximum Gasteiger partial charge on any atom is 0.0666 e. The second kappa shape index (κ2) is 5.24. The summed E-state index contributed by atoms with van der Waals surface area (Å²) >= 11 is 0. The predicted molar refractivity (Wildman–Crippen MR) is 74.1 cm³/mol. The van der Waals surface area contributed by atoms with Crippen molar-refractivity contribution in [3.63, 3.8) is 0 Å². The third-order valence-corrected chi connectivity index (χ3v) is 3.47. The summed E-state index contributed by atoms with van der Waals surface area (Å²) in [5.41, 5.74) is 3.88. The number of aryl methyl sites for hydroxylation is 2. The molecular formula is C15H19N3. The largest absolute Gasteiger partial charge is 0.346 e. The molecule has 0 amide bonds. The smallest absolute Gasteiger partial charge is 0.0666 e. The van der Waals surface area contributed by atoms with E-state index in [9.17, 15) is 0 Å². The Morgan fingerprint density at radius 3 is 2.78 bits per heavy atom. The lowest BCUT2D eigenvalue weighted by Crippen LogP contribution is -2.21. The summed E-state index contributed by atoms with van der Waals surface area (Å²) in [6.07, 6.45) is 0. The molecule has 0 fully saturated rings. The minimum absolute atomic E-state index is 0.0555. The lowest BCUT2D eigenvalue weighted by Gasteiger charge is -2.08. The number of aromatic nitrogens is 1. The van der Waals surface area contributed by atoms with Crippen molar-refractivity contribution in [1.29, 1.82) is 5.26 Å². The Balaban J connectivity index is 2.21. The molecule has 1 aromatic carbocycles. The van der Waals surface area contributed by atoms with Gasteiger partial charge < -0.3 is 9.88 Å². The van der Waals surface area contributed by atoms with Crippen molar-refractivity contribution >= 4 is 10.9 Å². The Morgan fingerprint density at radius 2 is 2.11 bits per heavy atom. The molecular weight excluding hydrogens is 222 g/mol. The van der Waals surface area contributed by atoms with Gasteiger partial charge in [0.05, 0.1) is 12.0 Å². The monoisotopic (exact) mass is 241 g/mol. The van der Waals surface area contributed by atoms with Crippen molar-refractivity contribution in [1.82, 2.24) is 9.88 Å². The third kappa shape index (κ3) is 2.25. The van der Waals surface area contributed by atoms with E-state index in [1.54, 1.807) is 0 Å². The van der Waals surface area contributed by atoms with Crippen LogP contribution in [0.3, 0.4) is 0 Å². The second-order valence-corrected chi connectivity index (χ2v) is 4.81. The predicted octanol–water partition coefficient (Wildman–Crippen LogP) is 2.74. The van der Waals surface area contributed by atoms with Gasteiger partial charge in [0.1, 0.15) is 0 Å². The van der Waals surface area contributed by atoms with E-state index in [-0.39, 0.29) is 5.92 Å². The fourth-order valence-corrected chi connectivity index (χ4v) is 2.34. The average molecular weight is 241 g/mol. The van der Waals surface area contributed by atoms with Crippen molar-refractivity contribution < 1.29 is 0 Å². The number of fused-ring (bicyclic) bond motifs is 1. The normalized spacial score (nSPS) is 12.6. The maximum atomic E-state index is 8.76. The number of hydrogen-bond acceptors (Lipinski definition) is 2. The van der Waals surface area contributed by atoms with E-state index in [4.69, 9.17) is 5.26 Å². The van der Waals surface area contributed by atoms with E-state index in [0.717, 1.165) is 13.1 Å². The molecule has 2 rings (SSSR count). The van der Waals surface area contributed by atoms with Crippen LogP contribution in [0, 0.1) is 24.2 Å². The minimum Gasteiger partial charge on any atom is -0.346 e. The number of hydrogen-bond donors (Lipinski definition) is 1. The molecule has 1 atom stereocenters. The van der Waals surface area contributed by atoms with Crippen LogP contribution in [0.4, 0.5) is 0 Å². The van der Waals surface area contributed by atoms with Crippen molar-refractivity contribution in [2.75, 3.05) is 6.54 Å². The molecule has 2 aromatic rings. The molecule has 0 saturated carbocycles. The van der Waals surface area contributed by atoms with E-state index in [0.29, 0.717) is 0 Å². The Morgan fingerprint density at radius 1 is 1.39 bits per heavy atom. The van der Waals surface area contributed by atoms with Crippen molar-refractivity contribution in [3.05, 3.63) is 35.5 Å². The Labute approximate surface area is 108 Å². The fourth-order valence-electron chi connectivity index (χ4n) is 2.34. The van der Waals surface area contributed by atoms with Crippen molar-refractivity contribution in [2.24, 2.45) is 13.0 Å². The highest BCUT2D eigenvalue weighted by molar-refractivity contribution is 5.85. The first-order chi connectivity index (χ1) is 8.65. The minimum atomic E-state index is 0.0555. The maximum absolute atomic E-state index is 8.76. The summed E-state index contributed by atoms with van der Waals surface area (Å²) in [6, 6.07) is 10.7.